The lowest BCUT2D eigenvalue weighted by Crippen LogP contribution is -2.32. The van der Waals surface area contributed by atoms with Crippen LogP contribution in [-0.2, 0) is 24.7 Å². The topological polar surface area (TPSA) is 91.5 Å². The van der Waals surface area contributed by atoms with E-state index in [0.717, 1.165) is 0 Å². The van der Waals surface area contributed by atoms with Crippen LogP contribution in [0.25, 0.3) is 0 Å². The number of aromatic nitrogens is 1. The van der Waals surface area contributed by atoms with Crippen molar-refractivity contribution in [2.45, 2.75) is 19.4 Å². The van der Waals surface area contributed by atoms with Gasteiger partial charge in [-0.25, -0.2) is 0 Å². The molecule has 0 saturated heterocycles. The van der Waals surface area contributed by atoms with Gasteiger partial charge in [0.15, 0.2) is 0 Å². The van der Waals surface area contributed by atoms with Crippen LogP contribution in [0, 0.1) is 0 Å². The summed E-state index contributed by atoms with van der Waals surface area (Å²) < 4.78 is 10.1. The number of nitrogens with two attached hydrogens (primary N) is 1. The van der Waals surface area contributed by atoms with E-state index in [1.807, 2.05) is 0 Å². The first kappa shape index (κ1) is 12.1. The van der Waals surface area contributed by atoms with Crippen LogP contribution in [0.4, 0.5) is 0 Å². The van der Waals surface area contributed by atoms with Gasteiger partial charge in [0.05, 0.1) is 5.69 Å². The molecule has 0 bridgehead atoms. The first-order valence-electron chi connectivity index (χ1n) is 5.28. The van der Waals surface area contributed by atoms with Crippen molar-refractivity contribution in [2.75, 3.05) is 0 Å². The highest BCUT2D eigenvalue weighted by Crippen LogP contribution is 2.36. The van der Waals surface area contributed by atoms with Crippen molar-refractivity contribution in [3.63, 3.8) is 0 Å². The second-order valence-electron chi connectivity index (χ2n) is 3.97. The summed E-state index contributed by atoms with van der Waals surface area (Å²) in [6, 6.07) is 5.09. The smallest absolute Gasteiger partial charge is 0.308 e. The molecule has 0 fully saturated rings. The standard InChI is InChI=1S/C12H12N2O4/c1-7(15)17-9-10(16)12(2,18-11(9)13)8-5-3-4-6-14-8/h3-6H,13H2,1-2H3. The maximum absolute atomic E-state index is 12.2. The summed E-state index contributed by atoms with van der Waals surface area (Å²) in [6.45, 7) is 2.71. The van der Waals surface area contributed by atoms with Crippen LogP contribution in [-0.4, -0.2) is 16.7 Å². The van der Waals surface area contributed by atoms with Crippen molar-refractivity contribution >= 4 is 11.8 Å². The number of carbonyl (C=O) groups excluding carboxylic acids is 2. The molecule has 0 aromatic carbocycles. The van der Waals surface area contributed by atoms with Crippen LogP contribution in [0.1, 0.15) is 19.5 Å². The van der Waals surface area contributed by atoms with E-state index in [-0.39, 0.29) is 11.6 Å². The average Bonchev–Trinajstić information content (AvgIpc) is 2.55. The van der Waals surface area contributed by atoms with Crippen molar-refractivity contribution in [1.29, 1.82) is 0 Å². The molecule has 1 atom stereocenters. The maximum atomic E-state index is 12.2. The highest BCUT2D eigenvalue weighted by molar-refractivity contribution is 6.03. The molecule has 6 nitrogen and oxygen atoms in total. The van der Waals surface area contributed by atoms with Crippen molar-refractivity contribution < 1.29 is 19.1 Å². The molecule has 0 amide bonds. The van der Waals surface area contributed by atoms with Gasteiger partial charge in [-0.15, -0.1) is 0 Å². The van der Waals surface area contributed by atoms with E-state index >= 15 is 0 Å². The number of ketones is 1. The minimum atomic E-state index is -1.35. The van der Waals surface area contributed by atoms with Crippen LogP contribution in [0.5, 0.6) is 0 Å². The zero-order valence-electron chi connectivity index (χ0n) is 9.97. The lowest BCUT2D eigenvalue weighted by atomic mass is 9.96. The Morgan fingerprint density at radius 2 is 2.22 bits per heavy atom. The number of Topliss-reactive ketones (excluding diaryl/α,β-unsaturated/α-hetero) is 1. The van der Waals surface area contributed by atoms with Gasteiger partial charge in [-0.05, 0) is 19.1 Å². The third-order valence-corrected chi connectivity index (χ3v) is 2.58. The Bertz CT molecular complexity index is 538. The summed E-state index contributed by atoms with van der Waals surface area (Å²) in [7, 11) is 0. The lowest BCUT2D eigenvalue weighted by molar-refractivity contribution is -0.142. The Hall–Kier alpha value is -2.37. The Kier molecular flexibility index (Phi) is 2.78. The van der Waals surface area contributed by atoms with Gasteiger partial charge in [0.1, 0.15) is 0 Å². The normalized spacial score (nSPS) is 22.9. The molecule has 1 aliphatic heterocycles. The molecule has 2 heterocycles. The van der Waals surface area contributed by atoms with E-state index in [9.17, 15) is 9.59 Å². The quantitative estimate of drug-likeness (QED) is 0.770. The highest BCUT2D eigenvalue weighted by atomic mass is 16.6. The van der Waals surface area contributed by atoms with Gasteiger partial charge in [-0.3, -0.25) is 14.6 Å². The third kappa shape index (κ3) is 1.81. The Labute approximate surface area is 103 Å². The molecule has 0 aliphatic carbocycles. The first-order valence-corrected chi connectivity index (χ1v) is 5.28. The van der Waals surface area contributed by atoms with Crippen molar-refractivity contribution in [1.82, 2.24) is 4.98 Å². The number of rotatable bonds is 2. The van der Waals surface area contributed by atoms with Crippen molar-refractivity contribution in [3.8, 4) is 0 Å². The summed E-state index contributed by atoms with van der Waals surface area (Å²) in [4.78, 5) is 27.2. The Balaban J connectivity index is 2.36. The third-order valence-electron chi connectivity index (χ3n) is 2.58. The molecule has 0 radical (unpaired) electrons. The van der Waals surface area contributed by atoms with Gasteiger partial charge in [0.25, 0.3) is 5.78 Å². The van der Waals surface area contributed by atoms with Gasteiger partial charge < -0.3 is 15.2 Å². The van der Waals surface area contributed by atoms with Crippen LogP contribution >= 0.6 is 0 Å². The van der Waals surface area contributed by atoms with Gasteiger partial charge in [0.2, 0.25) is 17.2 Å². The van der Waals surface area contributed by atoms with Crippen LogP contribution in [0.2, 0.25) is 0 Å². The second kappa shape index (κ2) is 4.14. The van der Waals surface area contributed by atoms with E-state index in [2.05, 4.69) is 4.98 Å². The summed E-state index contributed by atoms with van der Waals surface area (Å²) >= 11 is 0. The van der Waals surface area contributed by atoms with Gasteiger partial charge in [-0.1, -0.05) is 6.07 Å². The molecule has 6 heteroatoms. The van der Waals surface area contributed by atoms with Crippen LogP contribution < -0.4 is 5.73 Å². The molecule has 18 heavy (non-hydrogen) atoms. The summed E-state index contributed by atoms with van der Waals surface area (Å²) in [5.74, 6) is -1.62. The van der Waals surface area contributed by atoms with E-state index in [1.165, 1.54) is 20.0 Å². The molecular formula is C12H12N2O4. The van der Waals surface area contributed by atoms with Gasteiger partial charge in [-0.2, -0.15) is 0 Å². The molecule has 1 aromatic heterocycles. The molecule has 1 unspecified atom stereocenters. The number of carbonyl (C=O) groups is 2. The molecular weight excluding hydrogens is 236 g/mol. The molecule has 2 N–H and O–H groups in total. The number of nitrogens with zero attached hydrogens (tertiary/aromatic N) is 1. The van der Waals surface area contributed by atoms with Crippen LogP contribution in [0.3, 0.4) is 0 Å². The number of hydrogen-bond acceptors (Lipinski definition) is 6. The predicted molar refractivity (Wildman–Crippen MR) is 60.7 cm³/mol. The summed E-state index contributed by atoms with van der Waals surface area (Å²) in [5.41, 5.74) is 4.61. The molecule has 0 saturated carbocycles. The zero-order chi connectivity index (χ0) is 13.3. The molecule has 94 valence electrons. The first-order chi connectivity index (χ1) is 8.45. The van der Waals surface area contributed by atoms with Gasteiger partial charge in [0, 0.05) is 13.1 Å². The number of ether oxygens (including phenoxy) is 2. The minimum Gasteiger partial charge on any atom is -0.455 e. The number of esters is 1. The second-order valence-corrected chi connectivity index (χ2v) is 3.97. The zero-order valence-corrected chi connectivity index (χ0v) is 9.97. The highest BCUT2D eigenvalue weighted by Gasteiger charge is 2.49. The van der Waals surface area contributed by atoms with E-state index < -0.39 is 17.4 Å². The van der Waals surface area contributed by atoms with Gasteiger partial charge >= 0.3 is 5.97 Å². The molecule has 1 aromatic rings. The van der Waals surface area contributed by atoms with Crippen molar-refractivity contribution in [2.24, 2.45) is 5.73 Å². The van der Waals surface area contributed by atoms with Crippen LogP contribution in [0.15, 0.2) is 36.0 Å². The lowest BCUT2D eigenvalue weighted by Gasteiger charge is -2.21. The van der Waals surface area contributed by atoms with E-state index in [0.29, 0.717) is 5.69 Å². The van der Waals surface area contributed by atoms with E-state index in [1.54, 1.807) is 18.2 Å². The fraction of sp³-hybridized carbons (Fsp3) is 0.250. The average molecular weight is 248 g/mol. The minimum absolute atomic E-state index is 0.205. The molecule has 1 aliphatic rings. The number of hydrogen-bond donors (Lipinski definition) is 1. The molecule has 2 rings (SSSR count). The maximum Gasteiger partial charge on any atom is 0.308 e. The fourth-order valence-corrected chi connectivity index (χ4v) is 1.70. The Morgan fingerprint density at radius 1 is 1.50 bits per heavy atom. The van der Waals surface area contributed by atoms with E-state index in [4.69, 9.17) is 15.2 Å². The monoisotopic (exact) mass is 248 g/mol. The Morgan fingerprint density at radius 3 is 2.78 bits per heavy atom. The largest absolute Gasteiger partial charge is 0.455 e. The molecule has 0 spiro atoms. The summed E-state index contributed by atoms with van der Waals surface area (Å²) in [6.07, 6.45) is 1.54. The fourth-order valence-electron chi connectivity index (χ4n) is 1.70. The van der Waals surface area contributed by atoms with Crippen molar-refractivity contribution in [3.05, 3.63) is 41.7 Å². The predicted octanol–water partition coefficient (Wildman–Crippen LogP) is 0.587. The number of pyridine rings is 1. The SMILES string of the molecule is CC(=O)OC1=C(N)OC(C)(c2ccccn2)C1=O. The summed E-state index contributed by atoms with van der Waals surface area (Å²) in [5, 5.41) is 0.